The van der Waals surface area contributed by atoms with Gasteiger partial charge in [-0.25, -0.2) is 0 Å². The number of amides is 1. The lowest BCUT2D eigenvalue weighted by Gasteiger charge is -2.36. The van der Waals surface area contributed by atoms with Crippen LogP contribution in [0.1, 0.15) is 23.6 Å². The van der Waals surface area contributed by atoms with Crippen molar-refractivity contribution in [3.8, 4) is 5.75 Å². The van der Waals surface area contributed by atoms with Crippen LogP contribution >= 0.6 is 11.6 Å². The van der Waals surface area contributed by atoms with Crippen LogP contribution in [0.3, 0.4) is 0 Å². The fraction of sp³-hybridized carbons (Fsp3) is 0.409. The maximum atomic E-state index is 12.8. The number of benzene rings is 2. The fourth-order valence-electron chi connectivity index (χ4n) is 3.45. The van der Waals surface area contributed by atoms with Gasteiger partial charge in [-0.05, 0) is 49.6 Å². The summed E-state index contributed by atoms with van der Waals surface area (Å²) in [7, 11) is 0. The summed E-state index contributed by atoms with van der Waals surface area (Å²) < 4.78 is 5.91. The van der Waals surface area contributed by atoms with E-state index < -0.39 is 6.10 Å². The third-order valence-electron chi connectivity index (χ3n) is 5.00. The Morgan fingerprint density at radius 3 is 2.26 bits per heavy atom. The van der Waals surface area contributed by atoms with Crippen LogP contribution in [-0.2, 0) is 11.3 Å². The highest BCUT2D eigenvalue weighted by molar-refractivity contribution is 6.32. The number of carbonyl (C=O) groups is 1. The maximum absolute atomic E-state index is 12.8. The SMILES string of the molecule is Cc1cc(O[C@H](C)C(=O)N2CCN(Cc3ccccc3)CC2)cc(C)c1Cl. The van der Waals surface area contributed by atoms with Crippen LogP contribution in [0.5, 0.6) is 5.75 Å². The number of hydrogen-bond donors (Lipinski definition) is 0. The van der Waals surface area contributed by atoms with E-state index in [-0.39, 0.29) is 5.91 Å². The third kappa shape index (κ3) is 5.02. The van der Waals surface area contributed by atoms with Gasteiger partial charge in [0.1, 0.15) is 5.75 Å². The third-order valence-corrected chi connectivity index (χ3v) is 5.60. The predicted octanol–water partition coefficient (Wildman–Crippen LogP) is 4.07. The standard InChI is InChI=1S/C22H27ClN2O2/c1-16-13-20(14-17(2)21(16)23)27-18(3)22(26)25-11-9-24(10-12-25)15-19-7-5-4-6-8-19/h4-8,13-14,18H,9-12,15H2,1-3H3/t18-/m1/s1. The van der Waals surface area contributed by atoms with E-state index in [1.807, 2.05) is 43.9 Å². The highest BCUT2D eigenvalue weighted by Gasteiger charge is 2.26. The van der Waals surface area contributed by atoms with Crippen LogP contribution in [-0.4, -0.2) is 48.0 Å². The van der Waals surface area contributed by atoms with E-state index in [1.165, 1.54) is 5.56 Å². The van der Waals surface area contributed by atoms with Crippen LogP contribution in [0.2, 0.25) is 5.02 Å². The van der Waals surface area contributed by atoms with Crippen molar-refractivity contribution in [2.24, 2.45) is 0 Å². The Labute approximate surface area is 166 Å². The van der Waals surface area contributed by atoms with E-state index in [9.17, 15) is 4.79 Å². The fourth-order valence-corrected chi connectivity index (χ4v) is 3.56. The zero-order valence-electron chi connectivity index (χ0n) is 16.2. The Hall–Kier alpha value is -2.04. The van der Waals surface area contributed by atoms with Gasteiger partial charge in [0.05, 0.1) is 0 Å². The normalized spacial score (nSPS) is 16.2. The summed E-state index contributed by atoms with van der Waals surface area (Å²) in [5.41, 5.74) is 3.23. The molecule has 5 heteroatoms. The summed E-state index contributed by atoms with van der Waals surface area (Å²) in [4.78, 5) is 17.1. The summed E-state index contributed by atoms with van der Waals surface area (Å²) in [5, 5.41) is 0.746. The van der Waals surface area contributed by atoms with Gasteiger partial charge in [0.25, 0.3) is 5.91 Å². The lowest BCUT2D eigenvalue weighted by Crippen LogP contribution is -2.51. The number of halogens is 1. The van der Waals surface area contributed by atoms with E-state index in [4.69, 9.17) is 16.3 Å². The molecule has 0 aromatic heterocycles. The minimum Gasteiger partial charge on any atom is -0.481 e. The summed E-state index contributed by atoms with van der Waals surface area (Å²) in [6, 6.07) is 14.2. The molecular weight excluding hydrogens is 360 g/mol. The van der Waals surface area contributed by atoms with Gasteiger partial charge in [-0.1, -0.05) is 41.9 Å². The molecular formula is C22H27ClN2O2. The smallest absolute Gasteiger partial charge is 0.263 e. The second kappa shape index (κ2) is 8.77. The molecule has 0 N–H and O–H groups in total. The highest BCUT2D eigenvalue weighted by Crippen LogP contribution is 2.26. The Bertz CT molecular complexity index is 763. The molecule has 4 nitrogen and oxygen atoms in total. The van der Waals surface area contributed by atoms with Crippen LogP contribution in [0.25, 0.3) is 0 Å². The van der Waals surface area contributed by atoms with Crippen molar-refractivity contribution in [1.29, 1.82) is 0 Å². The average Bonchev–Trinajstić information content (AvgIpc) is 2.67. The molecule has 1 fully saturated rings. The van der Waals surface area contributed by atoms with Gasteiger partial charge in [-0.2, -0.15) is 0 Å². The molecule has 1 heterocycles. The van der Waals surface area contributed by atoms with Gasteiger partial charge < -0.3 is 9.64 Å². The van der Waals surface area contributed by atoms with E-state index in [0.717, 1.165) is 48.9 Å². The number of ether oxygens (including phenoxy) is 1. The molecule has 2 aromatic carbocycles. The number of rotatable bonds is 5. The summed E-state index contributed by atoms with van der Waals surface area (Å²) in [6.07, 6.45) is -0.509. The first kappa shape index (κ1) is 19.7. The van der Waals surface area contributed by atoms with Gasteiger partial charge in [0.15, 0.2) is 6.10 Å². The van der Waals surface area contributed by atoms with Gasteiger partial charge in [-0.15, -0.1) is 0 Å². The molecule has 0 aliphatic carbocycles. The molecule has 27 heavy (non-hydrogen) atoms. The highest BCUT2D eigenvalue weighted by atomic mass is 35.5. The van der Waals surface area contributed by atoms with E-state index in [1.54, 1.807) is 0 Å². The van der Waals surface area contributed by atoms with E-state index in [0.29, 0.717) is 5.75 Å². The van der Waals surface area contributed by atoms with E-state index in [2.05, 4.69) is 29.2 Å². The minimum atomic E-state index is -0.509. The Morgan fingerprint density at radius 2 is 1.67 bits per heavy atom. The number of nitrogens with zero attached hydrogens (tertiary/aromatic N) is 2. The predicted molar refractivity (Wildman–Crippen MR) is 109 cm³/mol. The van der Waals surface area contributed by atoms with Crippen molar-refractivity contribution < 1.29 is 9.53 Å². The Kier molecular flexibility index (Phi) is 6.40. The second-order valence-electron chi connectivity index (χ2n) is 7.22. The van der Waals surface area contributed by atoms with E-state index >= 15 is 0 Å². The first-order chi connectivity index (χ1) is 12.9. The van der Waals surface area contributed by atoms with Gasteiger partial charge in [-0.3, -0.25) is 9.69 Å². The number of hydrogen-bond acceptors (Lipinski definition) is 3. The largest absolute Gasteiger partial charge is 0.481 e. The summed E-state index contributed by atoms with van der Waals surface area (Å²) in [5.74, 6) is 0.734. The molecule has 0 spiro atoms. The molecule has 1 aliphatic rings. The molecule has 0 unspecified atom stereocenters. The molecule has 1 amide bonds. The monoisotopic (exact) mass is 386 g/mol. The van der Waals surface area contributed by atoms with Crippen LogP contribution in [0, 0.1) is 13.8 Å². The summed E-state index contributed by atoms with van der Waals surface area (Å²) >= 11 is 6.21. The molecule has 144 valence electrons. The summed E-state index contributed by atoms with van der Waals surface area (Å²) in [6.45, 7) is 9.87. The Morgan fingerprint density at radius 1 is 1.07 bits per heavy atom. The quantitative estimate of drug-likeness (QED) is 0.776. The van der Waals surface area contributed by atoms with Crippen molar-refractivity contribution >= 4 is 17.5 Å². The van der Waals surface area contributed by atoms with Crippen molar-refractivity contribution in [2.75, 3.05) is 26.2 Å². The van der Waals surface area contributed by atoms with Crippen LogP contribution in [0.4, 0.5) is 0 Å². The lowest BCUT2D eigenvalue weighted by atomic mass is 10.1. The second-order valence-corrected chi connectivity index (χ2v) is 7.60. The minimum absolute atomic E-state index is 0.0413. The molecule has 1 saturated heterocycles. The van der Waals surface area contributed by atoms with Crippen LogP contribution in [0.15, 0.2) is 42.5 Å². The zero-order chi connectivity index (χ0) is 19.4. The van der Waals surface area contributed by atoms with Crippen molar-refractivity contribution in [3.05, 3.63) is 64.2 Å². The number of aryl methyl sites for hydroxylation is 2. The van der Waals surface area contributed by atoms with Crippen molar-refractivity contribution in [2.45, 2.75) is 33.4 Å². The Balaban J connectivity index is 1.52. The van der Waals surface area contributed by atoms with Crippen molar-refractivity contribution in [1.82, 2.24) is 9.80 Å². The zero-order valence-corrected chi connectivity index (χ0v) is 17.0. The lowest BCUT2D eigenvalue weighted by molar-refractivity contribution is -0.139. The van der Waals surface area contributed by atoms with Gasteiger partial charge >= 0.3 is 0 Å². The van der Waals surface area contributed by atoms with Crippen molar-refractivity contribution in [3.63, 3.8) is 0 Å². The molecule has 0 bridgehead atoms. The molecule has 1 aliphatic heterocycles. The first-order valence-electron chi connectivity index (χ1n) is 9.42. The topological polar surface area (TPSA) is 32.8 Å². The number of piperazine rings is 1. The first-order valence-corrected chi connectivity index (χ1v) is 9.80. The molecule has 2 aromatic rings. The molecule has 1 atom stereocenters. The van der Waals surface area contributed by atoms with Gasteiger partial charge in [0, 0.05) is 37.7 Å². The molecule has 0 radical (unpaired) electrons. The molecule has 3 rings (SSSR count). The molecule has 0 saturated carbocycles. The maximum Gasteiger partial charge on any atom is 0.263 e. The average molecular weight is 387 g/mol. The number of carbonyl (C=O) groups excluding carboxylic acids is 1. The van der Waals surface area contributed by atoms with Crippen LogP contribution < -0.4 is 4.74 Å². The van der Waals surface area contributed by atoms with Gasteiger partial charge in [0.2, 0.25) is 0 Å².